The molecule has 5 nitrogen and oxygen atoms in total. The predicted octanol–water partition coefficient (Wildman–Crippen LogP) is 1.70. The van der Waals surface area contributed by atoms with Crippen molar-refractivity contribution in [2.24, 2.45) is 7.05 Å². The largest absolute Gasteiger partial charge is 0.337 e. The summed E-state index contributed by atoms with van der Waals surface area (Å²) in [6.45, 7) is 4.26. The SMILES string of the molecule is CNC(Cc1ccn(C(C)C)n1)c1nccn1C. The molecule has 98 valence electrons. The van der Waals surface area contributed by atoms with Crippen molar-refractivity contribution in [2.45, 2.75) is 32.4 Å². The first-order chi connectivity index (χ1) is 8.61. The van der Waals surface area contributed by atoms with Crippen molar-refractivity contribution in [2.75, 3.05) is 7.05 Å². The highest BCUT2D eigenvalue weighted by molar-refractivity contribution is 5.07. The zero-order chi connectivity index (χ0) is 13.1. The van der Waals surface area contributed by atoms with Crippen LogP contribution in [0.25, 0.3) is 0 Å². The number of hydrogen-bond donors (Lipinski definition) is 1. The topological polar surface area (TPSA) is 47.7 Å². The van der Waals surface area contributed by atoms with Gasteiger partial charge in [-0.05, 0) is 27.0 Å². The van der Waals surface area contributed by atoms with Crippen LogP contribution in [0.1, 0.15) is 37.4 Å². The van der Waals surface area contributed by atoms with E-state index >= 15 is 0 Å². The minimum Gasteiger partial charge on any atom is -0.337 e. The molecule has 0 fully saturated rings. The van der Waals surface area contributed by atoms with E-state index < -0.39 is 0 Å². The van der Waals surface area contributed by atoms with Gasteiger partial charge in [0.25, 0.3) is 0 Å². The maximum Gasteiger partial charge on any atom is 0.125 e. The summed E-state index contributed by atoms with van der Waals surface area (Å²) in [5.41, 5.74) is 1.09. The van der Waals surface area contributed by atoms with Gasteiger partial charge in [-0.1, -0.05) is 0 Å². The first-order valence-electron chi connectivity index (χ1n) is 6.30. The fraction of sp³-hybridized carbons (Fsp3) is 0.538. The minimum absolute atomic E-state index is 0.195. The van der Waals surface area contributed by atoms with Crippen molar-refractivity contribution < 1.29 is 0 Å². The second-order valence-corrected chi connectivity index (χ2v) is 4.82. The number of likely N-dealkylation sites (N-methyl/N-ethyl adjacent to an activating group) is 1. The van der Waals surface area contributed by atoms with E-state index in [-0.39, 0.29) is 6.04 Å². The summed E-state index contributed by atoms with van der Waals surface area (Å²) in [5, 5.41) is 7.88. The van der Waals surface area contributed by atoms with E-state index in [1.807, 2.05) is 41.9 Å². The molecule has 2 aromatic heterocycles. The quantitative estimate of drug-likeness (QED) is 0.875. The Morgan fingerprint density at radius 3 is 2.61 bits per heavy atom. The summed E-state index contributed by atoms with van der Waals surface area (Å²) in [6, 6.07) is 2.67. The highest BCUT2D eigenvalue weighted by Crippen LogP contribution is 2.15. The average molecular weight is 247 g/mol. The van der Waals surface area contributed by atoms with Crippen LogP contribution in [0.3, 0.4) is 0 Å². The van der Waals surface area contributed by atoms with E-state index in [0.29, 0.717) is 6.04 Å². The van der Waals surface area contributed by atoms with Gasteiger partial charge < -0.3 is 9.88 Å². The normalized spacial score (nSPS) is 13.2. The first kappa shape index (κ1) is 12.8. The average Bonchev–Trinajstić information content (AvgIpc) is 2.95. The Balaban J connectivity index is 2.13. The molecule has 2 heterocycles. The molecule has 1 atom stereocenters. The third kappa shape index (κ3) is 2.61. The highest BCUT2D eigenvalue weighted by atomic mass is 15.3. The lowest BCUT2D eigenvalue weighted by Crippen LogP contribution is -2.22. The van der Waals surface area contributed by atoms with Crippen molar-refractivity contribution in [3.8, 4) is 0 Å². The smallest absolute Gasteiger partial charge is 0.125 e. The Morgan fingerprint density at radius 1 is 1.33 bits per heavy atom. The van der Waals surface area contributed by atoms with Crippen LogP contribution in [0, 0.1) is 0 Å². The zero-order valence-electron chi connectivity index (χ0n) is 11.5. The summed E-state index contributed by atoms with van der Waals surface area (Å²) in [4.78, 5) is 4.39. The first-order valence-corrected chi connectivity index (χ1v) is 6.30. The van der Waals surface area contributed by atoms with Crippen molar-refractivity contribution in [3.63, 3.8) is 0 Å². The van der Waals surface area contributed by atoms with Crippen molar-refractivity contribution in [1.29, 1.82) is 0 Å². The van der Waals surface area contributed by atoms with E-state index in [2.05, 4.69) is 35.3 Å². The van der Waals surface area contributed by atoms with Gasteiger partial charge in [0, 0.05) is 38.1 Å². The predicted molar refractivity (Wildman–Crippen MR) is 71.3 cm³/mol. The van der Waals surface area contributed by atoms with E-state index in [9.17, 15) is 0 Å². The molecule has 1 unspecified atom stereocenters. The van der Waals surface area contributed by atoms with Crippen LogP contribution in [-0.2, 0) is 13.5 Å². The molecular formula is C13H21N5. The molecule has 0 aromatic carbocycles. The molecular weight excluding hydrogens is 226 g/mol. The molecule has 0 spiro atoms. The Labute approximate surface area is 108 Å². The minimum atomic E-state index is 0.195. The molecule has 0 saturated heterocycles. The van der Waals surface area contributed by atoms with Gasteiger partial charge in [-0.2, -0.15) is 5.10 Å². The third-order valence-electron chi connectivity index (χ3n) is 3.12. The number of rotatable bonds is 5. The van der Waals surface area contributed by atoms with Crippen molar-refractivity contribution in [1.82, 2.24) is 24.6 Å². The van der Waals surface area contributed by atoms with Crippen LogP contribution in [0.5, 0.6) is 0 Å². The number of aromatic nitrogens is 4. The van der Waals surface area contributed by atoms with Gasteiger partial charge in [0.05, 0.1) is 11.7 Å². The van der Waals surface area contributed by atoms with Crippen LogP contribution in [-0.4, -0.2) is 26.4 Å². The molecule has 0 bridgehead atoms. The van der Waals surface area contributed by atoms with Crippen molar-refractivity contribution >= 4 is 0 Å². The molecule has 0 radical (unpaired) electrons. The maximum atomic E-state index is 4.58. The molecule has 5 heteroatoms. The fourth-order valence-corrected chi connectivity index (χ4v) is 2.02. The maximum absolute atomic E-state index is 4.58. The Morgan fingerprint density at radius 2 is 2.11 bits per heavy atom. The molecule has 1 N–H and O–H groups in total. The van der Waals surface area contributed by atoms with Crippen LogP contribution < -0.4 is 5.32 Å². The summed E-state index contributed by atoms with van der Waals surface area (Å²) in [7, 11) is 3.97. The molecule has 0 amide bonds. The van der Waals surface area contributed by atoms with E-state index in [0.717, 1.165) is 17.9 Å². The number of nitrogens with one attached hydrogen (secondary N) is 1. The summed E-state index contributed by atoms with van der Waals surface area (Å²) in [6.07, 6.45) is 6.67. The summed E-state index contributed by atoms with van der Waals surface area (Å²) < 4.78 is 4.03. The molecule has 0 aliphatic heterocycles. The molecule has 18 heavy (non-hydrogen) atoms. The Bertz CT molecular complexity index is 497. The van der Waals surface area contributed by atoms with Crippen LogP contribution >= 0.6 is 0 Å². The lowest BCUT2D eigenvalue weighted by Gasteiger charge is -2.14. The van der Waals surface area contributed by atoms with Crippen molar-refractivity contribution in [3.05, 3.63) is 36.2 Å². The second kappa shape index (κ2) is 5.35. The number of aryl methyl sites for hydroxylation is 1. The van der Waals surface area contributed by atoms with E-state index in [1.54, 1.807) is 0 Å². The van der Waals surface area contributed by atoms with Crippen LogP contribution in [0.4, 0.5) is 0 Å². The monoisotopic (exact) mass is 247 g/mol. The van der Waals surface area contributed by atoms with Crippen LogP contribution in [0.15, 0.2) is 24.7 Å². The summed E-state index contributed by atoms with van der Waals surface area (Å²) >= 11 is 0. The van der Waals surface area contributed by atoms with Gasteiger partial charge >= 0.3 is 0 Å². The molecule has 0 aliphatic carbocycles. The van der Waals surface area contributed by atoms with Crippen LogP contribution in [0.2, 0.25) is 0 Å². The molecule has 0 aliphatic rings. The molecule has 2 rings (SSSR count). The summed E-state index contributed by atoms with van der Waals surface area (Å²) in [5.74, 6) is 1.04. The van der Waals surface area contributed by atoms with Gasteiger partial charge in [0.1, 0.15) is 5.82 Å². The highest BCUT2D eigenvalue weighted by Gasteiger charge is 2.16. The van der Waals surface area contributed by atoms with E-state index in [1.165, 1.54) is 0 Å². The fourth-order valence-electron chi connectivity index (χ4n) is 2.02. The number of imidazole rings is 1. The third-order valence-corrected chi connectivity index (χ3v) is 3.12. The Kier molecular flexibility index (Phi) is 3.81. The van der Waals surface area contributed by atoms with Gasteiger partial charge in [-0.15, -0.1) is 0 Å². The number of nitrogens with zero attached hydrogens (tertiary/aromatic N) is 4. The zero-order valence-corrected chi connectivity index (χ0v) is 11.5. The van der Waals surface area contributed by atoms with Gasteiger partial charge in [-0.3, -0.25) is 4.68 Å². The second-order valence-electron chi connectivity index (χ2n) is 4.82. The standard InChI is InChI=1S/C13H21N5/c1-10(2)18-7-5-11(16-18)9-12(14-3)13-15-6-8-17(13)4/h5-8,10,12,14H,9H2,1-4H3. The number of hydrogen-bond acceptors (Lipinski definition) is 3. The molecule has 2 aromatic rings. The van der Waals surface area contributed by atoms with Gasteiger partial charge in [0.15, 0.2) is 0 Å². The lowest BCUT2D eigenvalue weighted by molar-refractivity contribution is 0.502. The lowest BCUT2D eigenvalue weighted by atomic mass is 10.1. The Hall–Kier alpha value is -1.62. The molecule has 0 saturated carbocycles. The van der Waals surface area contributed by atoms with Gasteiger partial charge in [-0.25, -0.2) is 4.98 Å². The van der Waals surface area contributed by atoms with Gasteiger partial charge in [0.2, 0.25) is 0 Å². The van der Waals surface area contributed by atoms with E-state index in [4.69, 9.17) is 0 Å².